The van der Waals surface area contributed by atoms with Crippen molar-refractivity contribution in [2.24, 2.45) is 5.92 Å². The highest BCUT2D eigenvalue weighted by Crippen LogP contribution is 2.15. The van der Waals surface area contributed by atoms with Crippen molar-refractivity contribution >= 4 is 21.8 Å². The fourth-order valence-electron chi connectivity index (χ4n) is 1.57. The first-order valence-corrected chi connectivity index (χ1v) is 7.21. The quantitative estimate of drug-likeness (QED) is 0.789. The fraction of sp³-hybridized carbons (Fsp3) is 0.571. The summed E-state index contributed by atoms with van der Waals surface area (Å²) >= 11 is 3.22. The summed E-state index contributed by atoms with van der Waals surface area (Å²) in [7, 11) is 0. The smallest absolute Gasteiger partial charge is 0.252 e. The fourth-order valence-corrected chi connectivity index (χ4v) is 1.81. The van der Waals surface area contributed by atoms with E-state index in [-0.39, 0.29) is 12.5 Å². The highest BCUT2D eigenvalue weighted by atomic mass is 79.9. The molecular formula is C14H21BrN2O2. The Morgan fingerprint density at radius 1 is 1.53 bits per heavy atom. The van der Waals surface area contributed by atoms with Crippen LogP contribution in [0.25, 0.3) is 0 Å². The zero-order valence-corrected chi connectivity index (χ0v) is 13.2. The highest BCUT2D eigenvalue weighted by Gasteiger charge is 2.21. The Morgan fingerprint density at radius 2 is 2.21 bits per heavy atom. The van der Waals surface area contributed by atoms with Crippen LogP contribution in [-0.2, 0) is 0 Å². The van der Waals surface area contributed by atoms with Gasteiger partial charge in [0.05, 0.1) is 11.2 Å². The van der Waals surface area contributed by atoms with Crippen molar-refractivity contribution in [3.63, 3.8) is 0 Å². The van der Waals surface area contributed by atoms with Gasteiger partial charge in [-0.15, -0.1) is 0 Å². The van der Waals surface area contributed by atoms with Crippen molar-refractivity contribution in [1.82, 2.24) is 10.3 Å². The molecule has 5 heteroatoms. The number of hydrogen-bond donors (Lipinski definition) is 2. The predicted molar refractivity (Wildman–Crippen MR) is 79.0 cm³/mol. The van der Waals surface area contributed by atoms with Crippen LogP contribution >= 0.6 is 15.9 Å². The molecule has 1 aromatic heterocycles. The maximum atomic E-state index is 11.9. The van der Waals surface area contributed by atoms with E-state index < -0.39 is 5.60 Å². The first-order chi connectivity index (χ1) is 8.80. The highest BCUT2D eigenvalue weighted by molar-refractivity contribution is 9.10. The van der Waals surface area contributed by atoms with Crippen molar-refractivity contribution in [2.75, 3.05) is 6.54 Å². The summed E-state index contributed by atoms with van der Waals surface area (Å²) in [5, 5.41) is 12.9. The van der Waals surface area contributed by atoms with Crippen LogP contribution in [0.4, 0.5) is 0 Å². The Bertz CT molecular complexity index is 416. The molecule has 106 valence electrons. The standard InChI is InChI=1S/C14H21BrN2O2/c1-10(2)6-7-14(3,19)9-17-13(18)11-4-5-12(15)16-8-11/h4-5,8,10,19H,6-7,9H2,1-3H3,(H,17,18). The third kappa shape index (κ3) is 6.16. The average molecular weight is 329 g/mol. The van der Waals surface area contributed by atoms with Gasteiger partial charge in [0.25, 0.3) is 5.91 Å². The Balaban J connectivity index is 2.47. The SMILES string of the molecule is CC(C)CCC(C)(O)CNC(=O)c1ccc(Br)nc1. The number of rotatable bonds is 6. The molecule has 0 aliphatic carbocycles. The number of carbonyl (C=O) groups is 1. The third-order valence-electron chi connectivity index (χ3n) is 2.88. The van der Waals surface area contributed by atoms with Gasteiger partial charge in [0.1, 0.15) is 4.60 Å². The number of nitrogens with one attached hydrogen (secondary N) is 1. The van der Waals surface area contributed by atoms with Gasteiger partial charge in [-0.3, -0.25) is 4.79 Å². The minimum Gasteiger partial charge on any atom is -0.388 e. The van der Waals surface area contributed by atoms with Crippen LogP contribution < -0.4 is 5.32 Å². The Hall–Kier alpha value is -0.940. The molecule has 1 rings (SSSR count). The molecule has 1 aromatic rings. The van der Waals surface area contributed by atoms with E-state index >= 15 is 0 Å². The molecule has 0 aliphatic rings. The van der Waals surface area contributed by atoms with E-state index in [2.05, 4.69) is 40.1 Å². The van der Waals surface area contributed by atoms with Crippen LogP contribution in [-0.4, -0.2) is 28.1 Å². The topological polar surface area (TPSA) is 62.2 Å². The zero-order valence-electron chi connectivity index (χ0n) is 11.6. The van der Waals surface area contributed by atoms with E-state index in [1.807, 2.05) is 0 Å². The normalized spacial score (nSPS) is 14.2. The number of aliphatic hydroxyl groups is 1. The number of halogens is 1. The summed E-state index contributed by atoms with van der Waals surface area (Å²) in [4.78, 5) is 15.9. The van der Waals surface area contributed by atoms with Crippen molar-refractivity contribution in [1.29, 1.82) is 0 Å². The maximum absolute atomic E-state index is 11.9. The van der Waals surface area contributed by atoms with E-state index in [0.29, 0.717) is 22.5 Å². The molecule has 1 heterocycles. The van der Waals surface area contributed by atoms with Gasteiger partial charge in [0.15, 0.2) is 0 Å². The van der Waals surface area contributed by atoms with Crippen LogP contribution in [0.2, 0.25) is 0 Å². The first-order valence-electron chi connectivity index (χ1n) is 6.42. The molecule has 1 amide bonds. The van der Waals surface area contributed by atoms with E-state index in [4.69, 9.17) is 0 Å². The van der Waals surface area contributed by atoms with Gasteiger partial charge in [-0.2, -0.15) is 0 Å². The van der Waals surface area contributed by atoms with Gasteiger partial charge in [0, 0.05) is 12.7 Å². The first kappa shape index (κ1) is 16.1. The minimum absolute atomic E-state index is 0.218. The van der Waals surface area contributed by atoms with Gasteiger partial charge in [0.2, 0.25) is 0 Å². The molecule has 2 N–H and O–H groups in total. The van der Waals surface area contributed by atoms with Crippen LogP contribution in [0.5, 0.6) is 0 Å². The molecular weight excluding hydrogens is 308 g/mol. The second kappa shape index (κ2) is 7.01. The molecule has 0 fully saturated rings. The minimum atomic E-state index is -0.872. The third-order valence-corrected chi connectivity index (χ3v) is 3.35. The molecule has 4 nitrogen and oxygen atoms in total. The van der Waals surface area contributed by atoms with Crippen molar-refractivity contribution in [3.05, 3.63) is 28.5 Å². The number of nitrogens with zero attached hydrogens (tertiary/aromatic N) is 1. The second-order valence-electron chi connectivity index (χ2n) is 5.48. The molecule has 0 aromatic carbocycles. The summed E-state index contributed by atoms with van der Waals surface area (Å²) in [6.07, 6.45) is 3.11. The summed E-state index contributed by atoms with van der Waals surface area (Å²) in [6.45, 7) is 6.22. The van der Waals surface area contributed by atoms with E-state index in [1.165, 1.54) is 6.20 Å². The van der Waals surface area contributed by atoms with E-state index in [0.717, 1.165) is 6.42 Å². The zero-order chi connectivity index (χ0) is 14.5. The summed E-state index contributed by atoms with van der Waals surface area (Å²) in [5.74, 6) is 0.322. The molecule has 0 saturated carbocycles. The molecule has 0 radical (unpaired) electrons. The lowest BCUT2D eigenvalue weighted by molar-refractivity contribution is 0.0429. The van der Waals surface area contributed by atoms with E-state index in [9.17, 15) is 9.90 Å². The predicted octanol–water partition coefficient (Wildman–Crippen LogP) is 2.76. The van der Waals surface area contributed by atoms with Gasteiger partial charge in [-0.05, 0) is 53.7 Å². The lowest BCUT2D eigenvalue weighted by Crippen LogP contribution is -2.40. The lowest BCUT2D eigenvalue weighted by atomic mass is 9.95. The number of aromatic nitrogens is 1. The number of amides is 1. The number of carbonyl (C=O) groups excluding carboxylic acids is 1. The Morgan fingerprint density at radius 3 is 2.74 bits per heavy atom. The van der Waals surface area contributed by atoms with Crippen molar-refractivity contribution < 1.29 is 9.90 Å². The maximum Gasteiger partial charge on any atom is 0.252 e. The van der Waals surface area contributed by atoms with Gasteiger partial charge in [-0.25, -0.2) is 4.98 Å². The van der Waals surface area contributed by atoms with Gasteiger partial charge in [-0.1, -0.05) is 13.8 Å². The molecule has 0 saturated heterocycles. The summed E-state index contributed by atoms with van der Waals surface area (Å²) < 4.78 is 0.688. The van der Waals surface area contributed by atoms with E-state index in [1.54, 1.807) is 19.1 Å². The molecule has 1 atom stereocenters. The largest absolute Gasteiger partial charge is 0.388 e. The molecule has 1 unspecified atom stereocenters. The number of hydrogen-bond acceptors (Lipinski definition) is 3. The van der Waals surface area contributed by atoms with Crippen molar-refractivity contribution in [2.45, 2.75) is 39.2 Å². The molecule has 0 bridgehead atoms. The Kier molecular flexibility index (Phi) is 5.94. The second-order valence-corrected chi connectivity index (χ2v) is 6.29. The summed E-state index contributed by atoms with van der Waals surface area (Å²) in [5.41, 5.74) is -0.384. The van der Waals surface area contributed by atoms with Crippen LogP contribution in [0, 0.1) is 5.92 Å². The molecule has 0 aliphatic heterocycles. The van der Waals surface area contributed by atoms with Crippen LogP contribution in [0.15, 0.2) is 22.9 Å². The van der Waals surface area contributed by atoms with Gasteiger partial charge >= 0.3 is 0 Å². The molecule has 0 spiro atoms. The summed E-state index contributed by atoms with van der Waals surface area (Å²) in [6, 6.07) is 3.40. The van der Waals surface area contributed by atoms with Gasteiger partial charge < -0.3 is 10.4 Å². The van der Waals surface area contributed by atoms with Crippen LogP contribution in [0.1, 0.15) is 44.0 Å². The average Bonchev–Trinajstić information content (AvgIpc) is 2.35. The molecule has 19 heavy (non-hydrogen) atoms. The van der Waals surface area contributed by atoms with Crippen LogP contribution in [0.3, 0.4) is 0 Å². The number of pyridine rings is 1. The lowest BCUT2D eigenvalue weighted by Gasteiger charge is -2.24. The Labute approximate surface area is 122 Å². The monoisotopic (exact) mass is 328 g/mol. The van der Waals surface area contributed by atoms with Crippen molar-refractivity contribution in [3.8, 4) is 0 Å².